The molecule has 0 bridgehead atoms. The molecule has 102 valence electrons. The number of aromatic nitrogens is 2. The van der Waals surface area contributed by atoms with Crippen LogP contribution in [0.1, 0.15) is 36.5 Å². The molecule has 3 rings (SSSR count). The number of aryl methyl sites for hydroxylation is 1. The molecule has 0 fully saturated rings. The Bertz CT molecular complexity index is 717. The van der Waals surface area contributed by atoms with Crippen LogP contribution in [-0.4, -0.2) is 15.3 Å². The summed E-state index contributed by atoms with van der Waals surface area (Å²) in [7, 11) is 0. The Hall–Kier alpha value is -1.40. The van der Waals surface area contributed by atoms with Gasteiger partial charge in [-0.2, -0.15) is 0 Å². The molecule has 0 amide bonds. The second-order valence-electron chi connectivity index (χ2n) is 5.33. The van der Waals surface area contributed by atoms with Gasteiger partial charge in [-0.3, -0.25) is 5.41 Å². The normalized spacial score (nSPS) is 22.7. The Morgan fingerprint density at radius 2 is 2.32 bits per heavy atom. The first kappa shape index (κ1) is 12.6. The predicted octanol–water partition coefficient (Wildman–Crippen LogP) is 1.84. The Morgan fingerprint density at radius 1 is 1.58 bits per heavy atom. The van der Waals surface area contributed by atoms with E-state index in [2.05, 4.69) is 18.8 Å². The van der Waals surface area contributed by atoms with Crippen LogP contribution in [0, 0.1) is 12.3 Å². The Labute approximate surface area is 115 Å². The van der Waals surface area contributed by atoms with Crippen molar-refractivity contribution in [3.63, 3.8) is 0 Å². The number of thiophene rings is 1. The summed E-state index contributed by atoms with van der Waals surface area (Å²) in [5.74, 6) is 6.54. The van der Waals surface area contributed by atoms with Gasteiger partial charge in [-0.05, 0) is 25.8 Å². The van der Waals surface area contributed by atoms with Gasteiger partial charge in [0.25, 0.3) is 0 Å². The molecule has 1 aliphatic heterocycles. The topological polar surface area (TPSA) is 76.9 Å². The summed E-state index contributed by atoms with van der Waals surface area (Å²) in [6, 6.07) is 0. The van der Waals surface area contributed by atoms with Gasteiger partial charge in [0, 0.05) is 11.3 Å². The molecule has 2 aromatic rings. The number of nitrogens with zero attached hydrogens (tertiary/aromatic N) is 2. The Kier molecular flexibility index (Phi) is 2.69. The molecule has 0 radical (unpaired) electrons. The molecule has 0 aliphatic carbocycles. The summed E-state index contributed by atoms with van der Waals surface area (Å²) in [5, 5.41) is 9.14. The molecule has 19 heavy (non-hydrogen) atoms. The predicted molar refractivity (Wildman–Crippen MR) is 75.5 cm³/mol. The maximum Gasteiger partial charge on any atom is 0.155 e. The average Bonchev–Trinajstić information content (AvgIpc) is 2.73. The van der Waals surface area contributed by atoms with Gasteiger partial charge >= 0.3 is 0 Å². The van der Waals surface area contributed by atoms with E-state index in [1.807, 2.05) is 6.92 Å². The number of fused-ring (bicyclic) bond motifs is 3. The lowest BCUT2D eigenvalue weighted by Gasteiger charge is -2.33. The fourth-order valence-corrected chi connectivity index (χ4v) is 3.65. The van der Waals surface area contributed by atoms with Crippen LogP contribution in [0.15, 0.2) is 0 Å². The second-order valence-corrected chi connectivity index (χ2v) is 6.41. The maximum atomic E-state index is 8.24. The van der Waals surface area contributed by atoms with E-state index in [4.69, 9.17) is 16.0 Å². The van der Waals surface area contributed by atoms with Gasteiger partial charge in [0.05, 0.1) is 17.6 Å². The van der Waals surface area contributed by atoms with Gasteiger partial charge < -0.3 is 10.6 Å². The van der Waals surface area contributed by atoms with Crippen LogP contribution in [0.3, 0.4) is 0 Å². The molecule has 1 unspecified atom stereocenters. The zero-order valence-electron chi connectivity index (χ0n) is 11.4. The lowest BCUT2D eigenvalue weighted by Crippen LogP contribution is -2.35. The zero-order valence-corrected chi connectivity index (χ0v) is 12.2. The third kappa shape index (κ3) is 1.78. The van der Waals surface area contributed by atoms with Gasteiger partial charge in [-0.25, -0.2) is 9.66 Å². The maximum absolute atomic E-state index is 8.24. The van der Waals surface area contributed by atoms with E-state index in [1.54, 1.807) is 11.3 Å². The van der Waals surface area contributed by atoms with Crippen molar-refractivity contribution in [2.75, 3.05) is 5.84 Å². The fourth-order valence-electron chi connectivity index (χ4n) is 2.50. The minimum atomic E-state index is -0.141. The van der Waals surface area contributed by atoms with Crippen LogP contribution in [0.4, 0.5) is 0 Å². The van der Waals surface area contributed by atoms with Gasteiger partial charge in [0.2, 0.25) is 0 Å². The van der Waals surface area contributed by atoms with Gasteiger partial charge in [0.1, 0.15) is 10.7 Å². The molecule has 0 saturated carbocycles. The van der Waals surface area contributed by atoms with E-state index in [-0.39, 0.29) is 5.60 Å². The number of hydrogen-bond acceptors (Lipinski definition) is 5. The van der Waals surface area contributed by atoms with Crippen LogP contribution < -0.4 is 11.3 Å². The zero-order chi connectivity index (χ0) is 13.8. The molecule has 0 saturated heterocycles. The molecule has 2 aromatic heterocycles. The monoisotopic (exact) mass is 278 g/mol. The van der Waals surface area contributed by atoms with Gasteiger partial charge in [-0.1, -0.05) is 6.92 Å². The first-order valence-corrected chi connectivity index (χ1v) is 7.24. The number of rotatable bonds is 1. The summed E-state index contributed by atoms with van der Waals surface area (Å²) >= 11 is 1.62. The standard InChI is InChI=1S/C13H18N4OS/c1-4-13(3)5-8-9(6-18-13)19-12-10(8)11(14)17(15)7(2)16-12/h14H,4-6,15H2,1-3H3. The second kappa shape index (κ2) is 4.05. The van der Waals surface area contributed by atoms with Crippen molar-refractivity contribution in [2.24, 2.45) is 0 Å². The smallest absolute Gasteiger partial charge is 0.155 e. The van der Waals surface area contributed by atoms with Crippen molar-refractivity contribution in [1.82, 2.24) is 9.66 Å². The molecule has 1 atom stereocenters. The van der Waals surface area contributed by atoms with Crippen molar-refractivity contribution in [2.45, 2.75) is 45.8 Å². The van der Waals surface area contributed by atoms with Crippen molar-refractivity contribution in [3.05, 3.63) is 21.8 Å². The van der Waals surface area contributed by atoms with Crippen molar-refractivity contribution in [3.8, 4) is 0 Å². The highest BCUT2D eigenvalue weighted by Gasteiger charge is 2.32. The number of hydrogen-bond donors (Lipinski definition) is 2. The molecular formula is C13H18N4OS. The molecule has 3 heterocycles. The van der Waals surface area contributed by atoms with Crippen LogP contribution in [0.5, 0.6) is 0 Å². The van der Waals surface area contributed by atoms with Crippen LogP contribution in [0.25, 0.3) is 10.2 Å². The van der Waals surface area contributed by atoms with Gasteiger partial charge in [0.15, 0.2) is 5.49 Å². The summed E-state index contributed by atoms with van der Waals surface area (Å²) < 4.78 is 7.31. The summed E-state index contributed by atoms with van der Waals surface area (Å²) in [4.78, 5) is 6.58. The fraction of sp³-hybridized carbons (Fsp3) is 0.538. The SMILES string of the molecule is CCC1(C)Cc2c(sc3nc(C)n(N)c(=N)c23)CO1. The Morgan fingerprint density at radius 3 is 3.00 bits per heavy atom. The third-order valence-electron chi connectivity index (χ3n) is 4.01. The van der Waals surface area contributed by atoms with Crippen LogP contribution >= 0.6 is 11.3 Å². The summed E-state index contributed by atoms with van der Waals surface area (Å²) in [5.41, 5.74) is 1.41. The molecule has 5 nitrogen and oxygen atoms in total. The van der Waals surface area contributed by atoms with Crippen LogP contribution in [-0.2, 0) is 17.8 Å². The lowest BCUT2D eigenvalue weighted by molar-refractivity contribution is -0.0543. The number of nitrogens with two attached hydrogens (primary N) is 1. The molecule has 1 aliphatic rings. The summed E-state index contributed by atoms with van der Waals surface area (Å²) in [6.45, 7) is 6.69. The highest BCUT2D eigenvalue weighted by Crippen LogP contribution is 2.38. The third-order valence-corrected chi connectivity index (χ3v) is 5.11. The molecule has 6 heteroatoms. The molecule has 0 aromatic carbocycles. The van der Waals surface area contributed by atoms with E-state index < -0.39 is 0 Å². The summed E-state index contributed by atoms with van der Waals surface area (Å²) in [6.07, 6.45) is 1.79. The van der Waals surface area contributed by atoms with Crippen LogP contribution in [0.2, 0.25) is 0 Å². The van der Waals surface area contributed by atoms with E-state index >= 15 is 0 Å². The van der Waals surface area contributed by atoms with E-state index in [1.165, 1.54) is 15.1 Å². The quantitative estimate of drug-likeness (QED) is 0.781. The molecular weight excluding hydrogens is 260 g/mol. The molecule has 0 spiro atoms. The Balaban J connectivity index is 2.29. The van der Waals surface area contributed by atoms with Crippen molar-refractivity contribution >= 4 is 21.6 Å². The highest BCUT2D eigenvalue weighted by molar-refractivity contribution is 7.18. The average molecular weight is 278 g/mol. The first-order valence-electron chi connectivity index (χ1n) is 6.42. The molecule has 3 N–H and O–H groups in total. The minimum absolute atomic E-state index is 0.141. The van der Waals surface area contributed by atoms with E-state index in [0.717, 1.165) is 23.1 Å². The lowest BCUT2D eigenvalue weighted by atomic mass is 9.90. The first-order chi connectivity index (χ1) is 8.95. The minimum Gasteiger partial charge on any atom is -0.369 e. The number of ether oxygens (including phenoxy) is 1. The number of nitrogens with one attached hydrogen (secondary N) is 1. The van der Waals surface area contributed by atoms with E-state index in [9.17, 15) is 0 Å². The van der Waals surface area contributed by atoms with Crippen molar-refractivity contribution in [1.29, 1.82) is 5.41 Å². The number of nitrogen functional groups attached to an aromatic ring is 1. The van der Waals surface area contributed by atoms with Crippen molar-refractivity contribution < 1.29 is 4.74 Å². The highest BCUT2D eigenvalue weighted by atomic mass is 32.1. The van der Waals surface area contributed by atoms with Gasteiger partial charge in [-0.15, -0.1) is 11.3 Å². The van der Waals surface area contributed by atoms with E-state index in [0.29, 0.717) is 17.9 Å². The largest absolute Gasteiger partial charge is 0.369 e.